The van der Waals surface area contributed by atoms with E-state index in [1.165, 1.54) is 36.8 Å². The number of benzene rings is 2. The molecule has 340 valence electrons. The molecular weight excluding hydrogens is 829 g/mol. The third-order valence-corrected chi connectivity index (χ3v) is 12.4. The number of nitrogens with zero attached hydrogens (tertiary/aromatic N) is 2. The highest BCUT2D eigenvalue weighted by molar-refractivity contribution is 7.90. The van der Waals surface area contributed by atoms with Gasteiger partial charge in [0.1, 0.15) is 23.8 Å². The number of nitrogens with one attached hydrogen (secondary N) is 6. The van der Waals surface area contributed by atoms with Crippen molar-refractivity contribution in [2.24, 2.45) is 17.8 Å². The fourth-order valence-corrected chi connectivity index (χ4v) is 8.34. The van der Waals surface area contributed by atoms with Crippen LogP contribution < -0.4 is 31.3 Å². The van der Waals surface area contributed by atoms with Crippen LogP contribution in [-0.4, -0.2) is 90.3 Å². The van der Waals surface area contributed by atoms with Crippen molar-refractivity contribution in [2.45, 2.75) is 121 Å². The van der Waals surface area contributed by atoms with Crippen LogP contribution in [-0.2, 0) is 38.8 Å². The van der Waals surface area contributed by atoms with Gasteiger partial charge < -0.3 is 26.6 Å². The fraction of sp³-hybridized carbons (Fsp3) is 0.489. The molecule has 0 spiro atoms. The first-order valence-electron chi connectivity index (χ1n) is 21.5. The van der Waals surface area contributed by atoms with Gasteiger partial charge in [-0.15, -0.1) is 0 Å². The average molecular weight is 889 g/mol. The van der Waals surface area contributed by atoms with Gasteiger partial charge in [0.25, 0.3) is 27.7 Å². The summed E-state index contributed by atoms with van der Waals surface area (Å²) in [6.07, 6.45) is 9.57. The molecule has 1 aliphatic rings. The van der Waals surface area contributed by atoms with Crippen LogP contribution in [0.4, 0.5) is 0 Å². The Bertz CT molecular complexity index is 2170. The summed E-state index contributed by atoms with van der Waals surface area (Å²) in [5.41, 5.74) is 1.39. The molecular formula is C45H60N8O9S. The van der Waals surface area contributed by atoms with E-state index in [2.05, 4.69) is 36.6 Å². The maximum atomic E-state index is 14.1. The first-order chi connectivity index (χ1) is 30.0. The molecule has 0 bridgehead atoms. The van der Waals surface area contributed by atoms with Crippen LogP contribution in [0.2, 0.25) is 0 Å². The third-order valence-electron chi connectivity index (χ3n) is 11.0. The highest BCUT2D eigenvalue weighted by Crippen LogP contribution is 2.28. The minimum atomic E-state index is -4.34. The van der Waals surface area contributed by atoms with Crippen LogP contribution in [0.1, 0.15) is 103 Å². The summed E-state index contributed by atoms with van der Waals surface area (Å²) in [5, 5.41) is 13.1. The lowest BCUT2D eigenvalue weighted by Crippen LogP contribution is -2.60. The number of ketones is 1. The molecule has 1 heterocycles. The molecule has 3 aromatic rings. The van der Waals surface area contributed by atoms with Gasteiger partial charge in [0.05, 0.1) is 23.7 Å². The Morgan fingerprint density at radius 3 is 2.03 bits per heavy atom. The second-order valence-electron chi connectivity index (χ2n) is 16.4. The van der Waals surface area contributed by atoms with Gasteiger partial charge in [-0.05, 0) is 60.3 Å². The summed E-state index contributed by atoms with van der Waals surface area (Å²) >= 11 is 0. The minimum Gasteiger partial charge on any atom is -0.344 e. The molecule has 0 saturated heterocycles. The number of hydrogen-bond donors (Lipinski definition) is 6. The molecule has 2 aromatic carbocycles. The second-order valence-corrected chi connectivity index (χ2v) is 18.0. The molecule has 0 aliphatic heterocycles. The van der Waals surface area contributed by atoms with Gasteiger partial charge in [0, 0.05) is 12.4 Å². The summed E-state index contributed by atoms with van der Waals surface area (Å²) in [7, 11) is -4.34. The van der Waals surface area contributed by atoms with Gasteiger partial charge in [-0.2, -0.15) is 0 Å². The number of sulfonamides is 1. The van der Waals surface area contributed by atoms with Crippen molar-refractivity contribution < 1.29 is 42.0 Å². The van der Waals surface area contributed by atoms with Gasteiger partial charge in [0.2, 0.25) is 23.5 Å². The maximum Gasteiger partial charge on any atom is 0.290 e. The van der Waals surface area contributed by atoms with Crippen molar-refractivity contribution in [3.63, 3.8) is 0 Å². The standard InChI is InChI=1S/C45H60N8O9S/c1-6-29(5)39(52-42(57)35(23-28(3)4)50-43(58)37-26-46-21-22-47-37)44(59)51-36(24-30-15-10-8-11-16-30)41(56)49-34(7-2)40(55)45(60)48-27-38(54)53-63(61,62)33-20-14-19-32(25-33)31-17-12-9-13-18-31/h9,12-14,17-22,25-26,28-30,34-36,39H,6-8,10-11,15-16,23-24,27H2,1-5H3,(H,48,60)(H,49,56)(H,50,58)(H,51,59)(H,52,57)(H,53,54)/t29?,34-,35-,36-,39?/m0/s1. The van der Waals surface area contributed by atoms with Crippen LogP contribution in [0, 0.1) is 17.8 Å². The third kappa shape index (κ3) is 15.1. The van der Waals surface area contributed by atoms with Gasteiger partial charge in [0.15, 0.2) is 0 Å². The number of amides is 6. The topological polar surface area (TPSA) is 252 Å². The van der Waals surface area contributed by atoms with E-state index in [1.807, 2.05) is 31.6 Å². The van der Waals surface area contributed by atoms with Crippen molar-refractivity contribution in [1.82, 2.24) is 41.3 Å². The molecule has 1 fully saturated rings. The van der Waals surface area contributed by atoms with Gasteiger partial charge in [-0.3, -0.25) is 38.5 Å². The lowest BCUT2D eigenvalue weighted by Gasteiger charge is -2.31. The molecule has 6 amide bonds. The normalized spacial score (nSPS) is 15.4. The zero-order valence-electron chi connectivity index (χ0n) is 36.5. The molecule has 1 aromatic heterocycles. The smallest absolute Gasteiger partial charge is 0.290 e. The number of aromatic nitrogens is 2. The van der Waals surface area contributed by atoms with Crippen LogP contribution in [0.3, 0.4) is 0 Å². The van der Waals surface area contributed by atoms with Gasteiger partial charge in [-0.1, -0.05) is 116 Å². The van der Waals surface area contributed by atoms with Crippen LogP contribution >= 0.6 is 0 Å². The first-order valence-corrected chi connectivity index (χ1v) is 23.0. The van der Waals surface area contributed by atoms with Crippen LogP contribution in [0.25, 0.3) is 11.1 Å². The predicted molar refractivity (Wildman–Crippen MR) is 235 cm³/mol. The molecule has 1 saturated carbocycles. The van der Waals surface area contributed by atoms with Gasteiger partial charge in [-0.25, -0.2) is 18.1 Å². The Balaban J connectivity index is 1.42. The maximum absolute atomic E-state index is 14.1. The van der Waals surface area contributed by atoms with E-state index in [0.717, 1.165) is 37.7 Å². The number of Topliss-reactive ketones (excluding diaryl/α,β-unsaturated/α-hetero) is 1. The molecule has 17 nitrogen and oxygen atoms in total. The average Bonchev–Trinajstić information content (AvgIpc) is 3.28. The van der Waals surface area contributed by atoms with E-state index < -0.39 is 87.9 Å². The molecule has 0 radical (unpaired) electrons. The molecule has 1 aliphatic carbocycles. The monoisotopic (exact) mass is 888 g/mol. The van der Waals surface area contributed by atoms with Crippen molar-refractivity contribution in [3.8, 4) is 11.1 Å². The van der Waals surface area contributed by atoms with E-state index in [-0.39, 0.29) is 41.7 Å². The molecule has 4 rings (SSSR count). The summed E-state index contributed by atoms with van der Waals surface area (Å²) in [4.78, 5) is 102. The fourth-order valence-electron chi connectivity index (χ4n) is 7.31. The Hall–Kier alpha value is -6.04. The van der Waals surface area contributed by atoms with E-state index in [4.69, 9.17) is 0 Å². The molecule has 18 heteroatoms. The Morgan fingerprint density at radius 1 is 0.730 bits per heavy atom. The minimum absolute atomic E-state index is 0.0132. The lowest BCUT2D eigenvalue weighted by atomic mass is 9.84. The lowest BCUT2D eigenvalue weighted by molar-refractivity contribution is -0.141. The van der Waals surface area contributed by atoms with Crippen LogP contribution in [0.15, 0.2) is 78.1 Å². The number of rotatable bonds is 22. The largest absolute Gasteiger partial charge is 0.344 e. The van der Waals surface area contributed by atoms with Crippen molar-refractivity contribution in [1.29, 1.82) is 0 Å². The van der Waals surface area contributed by atoms with Crippen molar-refractivity contribution in [2.75, 3.05) is 6.54 Å². The molecule has 5 atom stereocenters. The van der Waals surface area contributed by atoms with Crippen molar-refractivity contribution in [3.05, 3.63) is 78.9 Å². The Labute approximate surface area is 369 Å². The molecule has 2 unspecified atom stereocenters. The first kappa shape index (κ1) is 49.6. The summed E-state index contributed by atoms with van der Waals surface area (Å²) < 4.78 is 28.0. The summed E-state index contributed by atoms with van der Waals surface area (Å²) in [5.74, 6) is -6.30. The number of hydrogen-bond acceptors (Lipinski definition) is 11. The summed E-state index contributed by atoms with van der Waals surface area (Å²) in [6.45, 7) is 8.12. The SMILES string of the molecule is CCC(C)C(NC(=O)[C@H](CC(C)C)NC(=O)c1cnccn1)C(=O)N[C@@H](CC1CCCCC1)C(=O)N[C@@H](CC)C(=O)C(=O)NCC(=O)NS(=O)(=O)c1cccc(-c2ccccc2)c1. The van der Waals surface area contributed by atoms with Crippen LogP contribution in [0.5, 0.6) is 0 Å². The highest BCUT2D eigenvalue weighted by atomic mass is 32.2. The summed E-state index contributed by atoms with van der Waals surface area (Å²) in [6, 6.07) is 10.4. The quantitative estimate of drug-likeness (QED) is 0.0799. The van der Waals surface area contributed by atoms with E-state index in [1.54, 1.807) is 44.2 Å². The van der Waals surface area contributed by atoms with E-state index in [9.17, 15) is 42.0 Å². The predicted octanol–water partition coefficient (Wildman–Crippen LogP) is 3.36. The molecule has 63 heavy (non-hydrogen) atoms. The Morgan fingerprint density at radius 2 is 1.40 bits per heavy atom. The zero-order chi connectivity index (χ0) is 46.1. The Kier molecular flexibility index (Phi) is 18.9. The highest BCUT2D eigenvalue weighted by Gasteiger charge is 2.36. The van der Waals surface area contributed by atoms with E-state index in [0.29, 0.717) is 12.0 Å². The van der Waals surface area contributed by atoms with Gasteiger partial charge >= 0.3 is 0 Å². The van der Waals surface area contributed by atoms with E-state index >= 15 is 0 Å². The molecule has 6 N–H and O–H groups in total. The zero-order valence-corrected chi connectivity index (χ0v) is 37.3. The number of carbonyl (C=O) groups excluding carboxylic acids is 7. The number of carbonyl (C=O) groups is 7. The second kappa shape index (κ2) is 24.0. The van der Waals surface area contributed by atoms with Crippen molar-refractivity contribution >= 4 is 51.2 Å².